The third-order valence-electron chi connectivity index (χ3n) is 1.95. The molecule has 1 aromatic rings. The van der Waals surface area contributed by atoms with E-state index in [1.54, 1.807) is 0 Å². The molecular formula is C10H9O3. The number of hydrogen-bond donors (Lipinski definition) is 0. The van der Waals surface area contributed by atoms with Crippen molar-refractivity contribution in [2.24, 2.45) is 0 Å². The van der Waals surface area contributed by atoms with Gasteiger partial charge in [-0.15, -0.1) is 0 Å². The summed E-state index contributed by atoms with van der Waals surface area (Å²) < 4.78 is 10.4. The Kier molecular flexibility index (Phi) is 2.17. The maximum Gasteiger partial charge on any atom is 0.231 e. The second-order valence-corrected chi connectivity index (χ2v) is 2.83. The van der Waals surface area contributed by atoms with E-state index in [1.165, 1.54) is 0 Å². The van der Waals surface area contributed by atoms with Gasteiger partial charge < -0.3 is 9.47 Å². The van der Waals surface area contributed by atoms with E-state index in [0.29, 0.717) is 19.6 Å². The van der Waals surface area contributed by atoms with Crippen molar-refractivity contribution in [1.29, 1.82) is 0 Å². The van der Waals surface area contributed by atoms with Gasteiger partial charge in [0.25, 0.3) is 0 Å². The topological polar surface area (TPSA) is 35.5 Å². The molecule has 0 aliphatic carbocycles. The third kappa shape index (κ3) is 1.64. The molecule has 0 amide bonds. The van der Waals surface area contributed by atoms with Crippen LogP contribution in [0.3, 0.4) is 0 Å². The smallest absolute Gasteiger partial charge is 0.231 e. The zero-order chi connectivity index (χ0) is 9.10. The van der Waals surface area contributed by atoms with Gasteiger partial charge >= 0.3 is 0 Å². The molecule has 1 aliphatic heterocycles. The molecular weight excluding hydrogens is 168 g/mol. The van der Waals surface area contributed by atoms with Crippen molar-refractivity contribution in [3.63, 3.8) is 0 Å². The summed E-state index contributed by atoms with van der Waals surface area (Å²) in [6, 6.07) is 5.70. The maximum atomic E-state index is 10.0. The van der Waals surface area contributed by atoms with Gasteiger partial charge in [-0.25, -0.2) is 0 Å². The van der Waals surface area contributed by atoms with E-state index < -0.39 is 0 Å². The fourth-order valence-corrected chi connectivity index (χ4v) is 1.29. The van der Waals surface area contributed by atoms with Crippen molar-refractivity contribution in [1.82, 2.24) is 0 Å². The average molecular weight is 177 g/mol. The summed E-state index contributed by atoms with van der Waals surface area (Å²) in [5, 5.41) is 0. The molecule has 1 aromatic carbocycles. The van der Waals surface area contributed by atoms with Crippen LogP contribution in [0, 0.1) is 0 Å². The van der Waals surface area contributed by atoms with Gasteiger partial charge in [-0.05, 0) is 24.1 Å². The summed E-state index contributed by atoms with van der Waals surface area (Å²) in [6.45, 7) is 0.290. The molecule has 3 nitrogen and oxygen atoms in total. The summed E-state index contributed by atoms with van der Waals surface area (Å²) in [4.78, 5) is 10.0. The monoisotopic (exact) mass is 177 g/mol. The molecule has 3 heteroatoms. The van der Waals surface area contributed by atoms with E-state index in [-0.39, 0.29) is 0 Å². The fourth-order valence-electron chi connectivity index (χ4n) is 1.29. The standard InChI is InChI=1S/C10H9O3/c11-5-1-2-8-3-4-9-10(6-8)13-7-12-9/h3-4,6H,1-2,7H2. The SMILES string of the molecule is O=[C]CCc1ccc2c(c1)OCO2. The average Bonchev–Trinajstić information content (AvgIpc) is 2.61. The van der Waals surface area contributed by atoms with Crippen molar-refractivity contribution in [2.75, 3.05) is 6.79 Å². The molecule has 0 unspecified atom stereocenters. The first-order valence-corrected chi connectivity index (χ1v) is 4.13. The number of fused-ring (bicyclic) bond motifs is 1. The predicted molar refractivity (Wildman–Crippen MR) is 46.6 cm³/mol. The van der Waals surface area contributed by atoms with Crippen molar-refractivity contribution in [3.05, 3.63) is 23.8 Å². The van der Waals surface area contributed by atoms with Crippen LogP contribution in [-0.2, 0) is 11.2 Å². The highest BCUT2D eigenvalue weighted by Gasteiger charge is 2.12. The Morgan fingerprint density at radius 1 is 1.31 bits per heavy atom. The van der Waals surface area contributed by atoms with Gasteiger partial charge in [0.2, 0.25) is 6.79 Å². The van der Waals surface area contributed by atoms with Crippen LogP contribution < -0.4 is 9.47 Å². The first kappa shape index (κ1) is 8.10. The van der Waals surface area contributed by atoms with Crippen LogP contribution in [0.25, 0.3) is 0 Å². The molecule has 0 N–H and O–H groups in total. The lowest BCUT2D eigenvalue weighted by Crippen LogP contribution is -1.93. The van der Waals surface area contributed by atoms with Gasteiger partial charge in [-0.3, -0.25) is 4.79 Å². The molecule has 0 spiro atoms. The number of aryl methyl sites for hydroxylation is 1. The van der Waals surface area contributed by atoms with Gasteiger partial charge in [-0.2, -0.15) is 0 Å². The van der Waals surface area contributed by atoms with E-state index >= 15 is 0 Å². The number of hydrogen-bond acceptors (Lipinski definition) is 3. The molecule has 0 fully saturated rings. The van der Waals surface area contributed by atoms with Gasteiger partial charge in [0, 0.05) is 6.42 Å². The van der Waals surface area contributed by atoms with Crippen molar-refractivity contribution in [2.45, 2.75) is 12.8 Å². The van der Waals surface area contributed by atoms with E-state index in [9.17, 15) is 4.79 Å². The number of benzene rings is 1. The summed E-state index contributed by atoms with van der Waals surface area (Å²) in [5.74, 6) is 1.54. The first-order valence-electron chi connectivity index (χ1n) is 4.13. The van der Waals surface area contributed by atoms with Crippen LogP contribution in [-0.4, -0.2) is 13.1 Å². The molecule has 0 saturated carbocycles. The van der Waals surface area contributed by atoms with Crippen molar-refractivity contribution >= 4 is 6.29 Å². The second-order valence-electron chi connectivity index (χ2n) is 2.83. The van der Waals surface area contributed by atoms with E-state index in [4.69, 9.17) is 9.47 Å². The van der Waals surface area contributed by atoms with Gasteiger partial charge in [0.15, 0.2) is 17.8 Å². The van der Waals surface area contributed by atoms with E-state index in [2.05, 4.69) is 0 Å². The first-order chi connectivity index (χ1) is 6.40. The van der Waals surface area contributed by atoms with Crippen LogP contribution in [0.1, 0.15) is 12.0 Å². The summed E-state index contributed by atoms with van der Waals surface area (Å²) in [6.07, 6.45) is 3.00. The van der Waals surface area contributed by atoms with Crippen LogP contribution >= 0.6 is 0 Å². The minimum atomic E-state index is 0.290. The van der Waals surface area contributed by atoms with Crippen LogP contribution in [0.15, 0.2) is 18.2 Å². The molecule has 0 atom stereocenters. The summed E-state index contributed by atoms with van der Waals surface area (Å²) in [5.41, 5.74) is 1.08. The Morgan fingerprint density at radius 3 is 3.00 bits per heavy atom. The Labute approximate surface area is 76.3 Å². The number of ether oxygens (including phenoxy) is 2. The molecule has 0 saturated heterocycles. The van der Waals surface area contributed by atoms with Crippen molar-refractivity contribution < 1.29 is 14.3 Å². The minimum absolute atomic E-state index is 0.290. The van der Waals surface area contributed by atoms with Gasteiger partial charge in [0.05, 0.1) is 0 Å². The fraction of sp³-hybridized carbons (Fsp3) is 0.300. The molecule has 1 aliphatic rings. The Bertz CT molecular complexity index is 320. The lowest BCUT2D eigenvalue weighted by molar-refractivity contribution is 0.174. The van der Waals surface area contributed by atoms with Crippen LogP contribution in [0.4, 0.5) is 0 Å². The molecule has 13 heavy (non-hydrogen) atoms. The molecule has 1 heterocycles. The third-order valence-corrected chi connectivity index (χ3v) is 1.95. The molecule has 1 radical (unpaired) electrons. The summed E-state index contributed by atoms with van der Waals surface area (Å²) in [7, 11) is 0. The maximum absolute atomic E-state index is 10.0. The van der Waals surface area contributed by atoms with Gasteiger partial charge in [0.1, 0.15) is 0 Å². The molecule has 0 aromatic heterocycles. The van der Waals surface area contributed by atoms with E-state index in [1.807, 2.05) is 24.5 Å². The highest BCUT2D eigenvalue weighted by atomic mass is 16.7. The summed E-state index contributed by atoms with van der Waals surface area (Å²) >= 11 is 0. The Morgan fingerprint density at radius 2 is 2.15 bits per heavy atom. The highest BCUT2D eigenvalue weighted by Crippen LogP contribution is 2.32. The zero-order valence-electron chi connectivity index (χ0n) is 7.08. The van der Waals surface area contributed by atoms with Crippen molar-refractivity contribution in [3.8, 4) is 11.5 Å². The largest absolute Gasteiger partial charge is 0.454 e. The normalized spacial score (nSPS) is 12.9. The number of rotatable bonds is 3. The second kappa shape index (κ2) is 3.47. The van der Waals surface area contributed by atoms with Gasteiger partial charge in [-0.1, -0.05) is 6.07 Å². The molecule has 67 valence electrons. The molecule has 0 bridgehead atoms. The Hall–Kier alpha value is -1.51. The predicted octanol–water partition coefficient (Wildman–Crippen LogP) is 1.46. The lowest BCUT2D eigenvalue weighted by Gasteiger charge is -1.99. The van der Waals surface area contributed by atoms with Crippen LogP contribution in [0.5, 0.6) is 11.5 Å². The molecule has 2 rings (SSSR count). The van der Waals surface area contributed by atoms with Crippen LogP contribution in [0.2, 0.25) is 0 Å². The zero-order valence-corrected chi connectivity index (χ0v) is 7.08. The van der Waals surface area contributed by atoms with E-state index in [0.717, 1.165) is 17.1 Å². The lowest BCUT2D eigenvalue weighted by atomic mass is 10.1. The quantitative estimate of drug-likeness (QED) is 0.701. The minimum Gasteiger partial charge on any atom is -0.454 e. The highest BCUT2D eigenvalue weighted by molar-refractivity contribution is 5.52. The Balaban J connectivity index is 2.16. The number of carbonyl (C=O) groups excluding carboxylic acids is 1.